The van der Waals surface area contributed by atoms with Gasteiger partial charge in [0.25, 0.3) is 0 Å². The third kappa shape index (κ3) is 2.01. The molecule has 1 N–H and O–H groups in total. The number of rotatable bonds is 1. The Kier molecular flexibility index (Phi) is 3.18. The Bertz CT molecular complexity index is 235. The minimum atomic E-state index is 0.891. The lowest BCUT2D eigenvalue weighted by Crippen LogP contribution is -2.53. The van der Waals surface area contributed by atoms with Gasteiger partial charge < -0.3 is 10.2 Å². The summed E-state index contributed by atoms with van der Waals surface area (Å²) in [6.07, 6.45) is 4.38. The Hall–Kier alpha value is -0.120. The molecule has 3 rings (SSSR count). The molecule has 3 aliphatic rings. The molecule has 92 valence electrons. The highest BCUT2D eigenvalue weighted by atomic mass is 15.3. The Morgan fingerprint density at radius 3 is 2.62 bits per heavy atom. The van der Waals surface area contributed by atoms with Crippen molar-refractivity contribution in [3.63, 3.8) is 0 Å². The molecule has 0 amide bonds. The van der Waals surface area contributed by atoms with Crippen molar-refractivity contribution in [2.24, 2.45) is 11.8 Å². The molecule has 0 aromatic rings. The molecule has 0 aromatic heterocycles. The van der Waals surface area contributed by atoms with Gasteiger partial charge in [-0.1, -0.05) is 6.42 Å². The predicted octanol–water partition coefficient (Wildman–Crippen LogP) is 0.622. The number of nitrogens with zero attached hydrogens (tertiary/aromatic N) is 2. The molecule has 2 saturated heterocycles. The van der Waals surface area contributed by atoms with Crippen molar-refractivity contribution in [2.75, 3.05) is 46.3 Å². The predicted molar refractivity (Wildman–Crippen MR) is 66.6 cm³/mol. The molecule has 0 aromatic carbocycles. The minimum Gasteiger partial charge on any atom is -0.316 e. The monoisotopic (exact) mass is 223 g/mol. The van der Waals surface area contributed by atoms with Gasteiger partial charge in [0, 0.05) is 32.2 Å². The van der Waals surface area contributed by atoms with Crippen LogP contribution in [0.5, 0.6) is 0 Å². The van der Waals surface area contributed by atoms with E-state index in [9.17, 15) is 0 Å². The van der Waals surface area contributed by atoms with Gasteiger partial charge in [-0.3, -0.25) is 4.90 Å². The molecule has 1 aliphatic carbocycles. The van der Waals surface area contributed by atoms with Crippen molar-refractivity contribution < 1.29 is 0 Å². The van der Waals surface area contributed by atoms with Gasteiger partial charge in [0.05, 0.1) is 0 Å². The minimum absolute atomic E-state index is 0.891. The first-order valence-corrected chi connectivity index (χ1v) is 6.98. The lowest BCUT2D eigenvalue weighted by molar-refractivity contribution is 0.0494. The smallest absolute Gasteiger partial charge is 0.0140 e. The largest absolute Gasteiger partial charge is 0.316 e. The van der Waals surface area contributed by atoms with Gasteiger partial charge in [0.1, 0.15) is 0 Å². The fraction of sp³-hybridized carbons (Fsp3) is 1.00. The van der Waals surface area contributed by atoms with Gasteiger partial charge in [-0.2, -0.15) is 0 Å². The second-order valence-corrected chi connectivity index (χ2v) is 5.92. The van der Waals surface area contributed by atoms with Crippen LogP contribution >= 0.6 is 0 Å². The van der Waals surface area contributed by atoms with Crippen LogP contribution in [0.3, 0.4) is 0 Å². The Balaban J connectivity index is 1.64. The number of nitrogens with one attached hydrogen (secondary N) is 1. The molecule has 3 heteroatoms. The highest BCUT2D eigenvalue weighted by Gasteiger charge is 2.39. The van der Waals surface area contributed by atoms with Gasteiger partial charge in [-0.25, -0.2) is 0 Å². The fourth-order valence-corrected chi connectivity index (χ4v) is 3.93. The molecule has 3 atom stereocenters. The van der Waals surface area contributed by atoms with E-state index in [4.69, 9.17) is 0 Å². The summed E-state index contributed by atoms with van der Waals surface area (Å²) in [4.78, 5) is 5.24. The van der Waals surface area contributed by atoms with E-state index in [0.29, 0.717) is 0 Å². The third-order valence-corrected chi connectivity index (χ3v) is 4.97. The van der Waals surface area contributed by atoms with Crippen molar-refractivity contribution in [3.8, 4) is 0 Å². The number of likely N-dealkylation sites (N-methyl/N-ethyl adjacent to an activating group) is 1. The summed E-state index contributed by atoms with van der Waals surface area (Å²) < 4.78 is 0. The summed E-state index contributed by atoms with van der Waals surface area (Å²) >= 11 is 0. The van der Waals surface area contributed by atoms with Crippen molar-refractivity contribution in [1.29, 1.82) is 0 Å². The summed E-state index contributed by atoms with van der Waals surface area (Å²) in [5.74, 6) is 1.94. The summed E-state index contributed by atoms with van der Waals surface area (Å²) in [6, 6.07) is 0.891. The first-order chi connectivity index (χ1) is 7.84. The van der Waals surface area contributed by atoms with Crippen LogP contribution in [0, 0.1) is 11.8 Å². The zero-order valence-electron chi connectivity index (χ0n) is 10.5. The number of hydrogen-bond donors (Lipinski definition) is 1. The lowest BCUT2D eigenvalue weighted by atomic mass is 9.77. The van der Waals surface area contributed by atoms with E-state index in [1.807, 2.05) is 0 Å². The standard InChI is InChI=1S/C13H25N3/c1-15-5-7-16(8-6-15)13-4-2-3-11-9-14-10-12(11)13/h11-14H,2-10H2,1H3. The summed E-state index contributed by atoms with van der Waals surface area (Å²) in [7, 11) is 2.25. The molecule has 0 spiro atoms. The molecule has 1 saturated carbocycles. The number of hydrogen-bond acceptors (Lipinski definition) is 3. The van der Waals surface area contributed by atoms with Crippen LogP contribution in [0.15, 0.2) is 0 Å². The van der Waals surface area contributed by atoms with Crippen LogP contribution in [0.2, 0.25) is 0 Å². The van der Waals surface area contributed by atoms with Gasteiger partial charge in [-0.15, -0.1) is 0 Å². The van der Waals surface area contributed by atoms with Gasteiger partial charge in [0.15, 0.2) is 0 Å². The quantitative estimate of drug-likeness (QED) is 0.703. The van der Waals surface area contributed by atoms with Crippen LogP contribution in [-0.4, -0.2) is 62.2 Å². The molecule has 2 heterocycles. The fourth-order valence-electron chi connectivity index (χ4n) is 3.93. The SMILES string of the molecule is CN1CCN(C2CCCC3CNCC32)CC1. The van der Waals surface area contributed by atoms with Crippen LogP contribution in [-0.2, 0) is 0 Å². The van der Waals surface area contributed by atoms with E-state index in [1.54, 1.807) is 0 Å². The van der Waals surface area contributed by atoms with Crippen molar-refractivity contribution in [3.05, 3.63) is 0 Å². The maximum Gasteiger partial charge on any atom is 0.0140 e. The molecule has 0 radical (unpaired) electrons. The molecular weight excluding hydrogens is 198 g/mol. The van der Waals surface area contributed by atoms with Crippen molar-refractivity contribution in [1.82, 2.24) is 15.1 Å². The zero-order chi connectivity index (χ0) is 11.0. The van der Waals surface area contributed by atoms with Crippen LogP contribution < -0.4 is 5.32 Å². The molecule has 3 nitrogen and oxygen atoms in total. The highest BCUT2D eigenvalue weighted by molar-refractivity contribution is 4.95. The van der Waals surface area contributed by atoms with Crippen molar-refractivity contribution >= 4 is 0 Å². The van der Waals surface area contributed by atoms with Crippen LogP contribution in [0.25, 0.3) is 0 Å². The van der Waals surface area contributed by atoms with Crippen LogP contribution in [0.4, 0.5) is 0 Å². The number of fused-ring (bicyclic) bond motifs is 1. The Morgan fingerprint density at radius 1 is 1.00 bits per heavy atom. The van der Waals surface area contributed by atoms with Gasteiger partial charge >= 0.3 is 0 Å². The molecule has 0 bridgehead atoms. The maximum atomic E-state index is 3.61. The van der Waals surface area contributed by atoms with E-state index in [1.165, 1.54) is 58.5 Å². The second kappa shape index (κ2) is 4.63. The van der Waals surface area contributed by atoms with Crippen LogP contribution in [0.1, 0.15) is 19.3 Å². The number of piperazine rings is 1. The average molecular weight is 223 g/mol. The maximum absolute atomic E-state index is 3.61. The zero-order valence-corrected chi connectivity index (χ0v) is 10.5. The van der Waals surface area contributed by atoms with E-state index in [2.05, 4.69) is 22.2 Å². The van der Waals surface area contributed by atoms with E-state index < -0.39 is 0 Å². The molecular formula is C13H25N3. The lowest BCUT2D eigenvalue weighted by Gasteiger charge is -2.44. The van der Waals surface area contributed by atoms with E-state index in [0.717, 1.165) is 17.9 Å². The third-order valence-electron chi connectivity index (χ3n) is 4.97. The molecule has 3 fully saturated rings. The summed E-state index contributed by atoms with van der Waals surface area (Å²) in [6.45, 7) is 7.69. The Labute approximate surface area is 99.2 Å². The summed E-state index contributed by atoms with van der Waals surface area (Å²) in [5.41, 5.74) is 0. The van der Waals surface area contributed by atoms with Gasteiger partial charge in [0.2, 0.25) is 0 Å². The molecule has 2 aliphatic heterocycles. The van der Waals surface area contributed by atoms with Gasteiger partial charge in [-0.05, 0) is 44.8 Å². The first-order valence-electron chi connectivity index (χ1n) is 6.98. The normalized spacial score (nSPS) is 42.2. The molecule has 16 heavy (non-hydrogen) atoms. The average Bonchev–Trinajstić information content (AvgIpc) is 2.78. The summed E-state index contributed by atoms with van der Waals surface area (Å²) in [5, 5.41) is 3.61. The van der Waals surface area contributed by atoms with E-state index >= 15 is 0 Å². The Morgan fingerprint density at radius 2 is 1.81 bits per heavy atom. The topological polar surface area (TPSA) is 18.5 Å². The van der Waals surface area contributed by atoms with Crippen molar-refractivity contribution in [2.45, 2.75) is 25.3 Å². The first kappa shape index (κ1) is 11.0. The second-order valence-electron chi connectivity index (χ2n) is 5.92. The van der Waals surface area contributed by atoms with E-state index in [-0.39, 0.29) is 0 Å². The highest BCUT2D eigenvalue weighted by Crippen LogP contribution is 2.35. The molecule has 3 unspecified atom stereocenters.